The molecular formula is C23H20N2O6. The Hall–Kier alpha value is -4.07. The molecule has 158 valence electrons. The maximum absolute atomic E-state index is 13.0. The fraction of sp³-hybridized carbons (Fsp3) is 0.174. The van der Waals surface area contributed by atoms with E-state index in [1.165, 1.54) is 19.1 Å². The van der Waals surface area contributed by atoms with E-state index < -0.39 is 17.7 Å². The lowest BCUT2D eigenvalue weighted by Crippen LogP contribution is -2.29. The van der Waals surface area contributed by atoms with Crippen molar-refractivity contribution in [3.8, 4) is 11.5 Å². The first-order chi connectivity index (χ1) is 15.0. The second-order valence-electron chi connectivity index (χ2n) is 6.95. The van der Waals surface area contributed by atoms with Crippen LogP contribution in [0.4, 0.5) is 5.82 Å². The molecule has 1 N–H and O–H groups in total. The number of Topliss-reactive ketones (excluding diaryl/α,β-unsaturated/α-hetero) is 1. The summed E-state index contributed by atoms with van der Waals surface area (Å²) in [7, 11) is 2.97. The lowest BCUT2D eigenvalue weighted by atomic mass is 9.95. The van der Waals surface area contributed by atoms with E-state index in [-0.39, 0.29) is 17.2 Å². The molecule has 31 heavy (non-hydrogen) atoms. The lowest BCUT2D eigenvalue weighted by molar-refractivity contribution is -0.132. The molecular weight excluding hydrogens is 400 g/mol. The van der Waals surface area contributed by atoms with Crippen molar-refractivity contribution in [3.63, 3.8) is 0 Å². The van der Waals surface area contributed by atoms with E-state index in [1.54, 1.807) is 55.5 Å². The van der Waals surface area contributed by atoms with Crippen LogP contribution in [0.15, 0.2) is 64.7 Å². The zero-order valence-electron chi connectivity index (χ0n) is 17.2. The average Bonchev–Trinajstić information content (AvgIpc) is 3.34. The number of amides is 1. The van der Waals surface area contributed by atoms with Gasteiger partial charge in [-0.25, -0.2) is 0 Å². The van der Waals surface area contributed by atoms with Crippen LogP contribution < -0.4 is 14.4 Å². The Morgan fingerprint density at radius 1 is 1.03 bits per heavy atom. The van der Waals surface area contributed by atoms with Crippen LogP contribution in [0.25, 0.3) is 5.76 Å². The zero-order valence-corrected chi connectivity index (χ0v) is 17.2. The highest BCUT2D eigenvalue weighted by Crippen LogP contribution is 2.42. The van der Waals surface area contributed by atoms with Gasteiger partial charge in [-0.05, 0) is 30.7 Å². The number of hydrogen-bond donors (Lipinski definition) is 1. The van der Waals surface area contributed by atoms with Gasteiger partial charge in [-0.2, -0.15) is 0 Å². The number of aromatic nitrogens is 1. The molecule has 0 bridgehead atoms. The van der Waals surface area contributed by atoms with E-state index in [4.69, 9.17) is 14.0 Å². The molecule has 0 unspecified atom stereocenters. The number of aliphatic hydroxyl groups is 1. The summed E-state index contributed by atoms with van der Waals surface area (Å²) in [5.41, 5.74) is 0.904. The third kappa shape index (κ3) is 3.42. The van der Waals surface area contributed by atoms with E-state index in [2.05, 4.69) is 5.16 Å². The fourth-order valence-corrected chi connectivity index (χ4v) is 3.63. The molecule has 0 saturated carbocycles. The molecule has 1 amide bonds. The first-order valence-electron chi connectivity index (χ1n) is 9.48. The number of nitrogens with zero attached hydrogens (tertiary/aromatic N) is 2. The number of ketones is 1. The van der Waals surface area contributed by atoms with Crippen LogP contribution in [-0.2, 0) is 9.59 Å². The second kappa shape index (κ2) is 7.98. The standard InChI is InChI=1S/C23H20N2O6/c1-13-11-18(24-31-13)25-20(14-7-5-4-6-8-14)19(22(27)23(25)28)21(26)15-9-10-16(29-2)17(12-15)30-3/h4-12,20,26H,1-3H3/t20-/m1/s1. The van der Waals surface area contributed by atoms with Crippen LogP contribution in [0.2, 0.25) is 0 Å². The second-order valence-corrected chi connectivity index (χ2v) is 6.95. The number of aryl methyl sites for hydroxylation is 1. The van der Waals surface area contributed by atoms with Crippen molar-refractivity contribution >= 4 is 23.3 Å². The molecule has 1 fully saturated rings. The van der Waals surface area contributed by atoms with Crippen LogP contribution in [-0.4, -0.2) is 36.2 Å². The number of carbonyl (C=O) groups is 2. The maximum atomic E-state index is 13.0. The summed E-state index contributed by atoms with van der Waals surface area (Å²) in [5.74, 6) is -0.411. The topological polar surface area (TPSA) is 102 Å². The van der Waals surface area contributed by atoms with Gasteiger partial charge in [0.25, 0.3) is 5.78 Å². The molecule has 2 aromatic carbocycles. The number of anilines is 1. The minimum absolute atomic E-state index is 0.0518. The summed E-state index contributed by atoms with van der Waals surface area (Å²) in [5, 5.41) is 15.0. The van der Waals surface area contributed by atoms with Crippen molar-refractivity contribution in [2.24, 2.45) is 0 Å². The fourth-order valence-electron chi connectivity index (χ4n) is 3.63. The van der Waals surface area contributed by atoms with Gasteiger partial charge >= 0.3 is 5.91 Å². The minimum atomic E-state index is -0.876. The molecule has 8 heteroatoms. The molecule has 8 nitrogen and oxygen atoms in total. The monoisotopic (exact) mass is 420 g/mol. The van der Waals surface area contributed by atoms with Crippen LogP contribution >= 0.6 is 0 Å². The van der Waals surface area contributed by atoms with Crippen molar-refractivity contribution < 1.29 is 28.7 Å². The first kappa shape index (κ1) is 20.2. The van der Waals surface area contributed by atoms with Gasteiger partial charge < -0.3 is 19.1 Å². The summed E-state index contributed by atoms with van der Waals surface area (Å²) in [6.07, 6.45) is 0. The van der Waals surface area contributed by atoms with Crippen LogP contribution in [0.5, 0.6) is 11.5 Å². The lowest BCUT2D eigenvalue weighted by Gasteiger charge is -2.22. The number of ether oxygens (including phenoxy) is 2. The summed E-state index contributed by atoms with van der Waals surface area (Å²) < 4.78 is 15.6. The van der Waals surface area contributed by atoms with Crippen molar-refractivity contribution in [3.05, 3.63) is 77.1 Å². The molecule has 1 saturated heterocycles. The van der Waals surface area contributed by atoms with Crippen molar-refractivity contribution in [1.29, 1.82) is 0 Å². The smallest absolute Gasteiger partial charge is 0.301 e. The Bertz CT molecular complexity index is 1180. The molecule has 2 heterocycles. The Morgan fingerprint density at radius 2 is 1.74 bits per heavy atom. The highest BCUT2D eigenvalue weighted by atomic mass is 16.5. The predicted molar refractivity (Wildman–Crippen MR) is 112 cm³/mol. The van der Waals surface area contributed by atoms with Gasteiger partial charge in [-0.3, -0.25) is 14.5 Å². The number of methoxy groups -OCH3 is 2. The number of aliphatic hydroxyl groups excluding tert-OH is 1. The molecule has 1 atom stereocenters. The molecule has 0 radical (unpaired) electrons. The maximum Gasteiger partial charge on any atom is 0.301 e. The van der Waals surface area contributed by atoms with Gasteiger partial charge in [-0.15, -0.1) is 0 Å². The highest BCUT2D eigenvalue weighted by molar-refractivity contribution is 6.51. The highest BCUT2D eigenvalue weighted by Gasteiger charge is 2.48. The molecule has 1 aliphatic rings. The number of benzene rings is 2. The Kier molecular flexibility index (Phi) is 5.21. The molecule has 0 spiro atoms. The summed E-state index contributed by atoms with van der Waals surface area (Å²) in [4.78, 5) is 27.3. The van der Waals surface area contributed by atoms with Crippen molar-refractivity contribution in [1.82, 2.24) is 5.16 Å². The summed E-state index contributed by atoms with van der Waals surface area (Å²) >= 11 is 0. The number of carbonyl (C=O) groups excluding carboxylic acids is 2. The van der Waals surface area contributed by atoms with Crippen molar-refractivity contribution in [2.45, 2.75) is 13.0 Å². The van der Waals surface area contributed by atoms with E-state index in [9.17, 15) is 14.7 Å². The number of hydrogen-bond acceptors (Lipinski definition) is 7. The van der Waals surface area contributed by atoms with Crippen molar-refractivity contribution in [2.75, 3.05) is 19.1 Å². The van der Waals surface area contributed by atoms with E-state index >= 15 is 0 Å². The normalized spacial score (nSPS) is 17.8. The predicted octanol–water partition coefficient (Wildman–Crippen LogP) is 3.63. The van der Waals surface area contributed by atoms with E-state index in [1.807, 2.05) is 6.07 Å². The van der Waals surface area contributed by atoms with Gasteiger partial charge in [0.2, 0.25) is 0 Å². The van der Waals surface area contributed by atoms with Gasteiger partial charge in [0.1, 0.15) is 11.5 Å². The summed E-state index contributed by atoms with van der Waals surface area (Å²) in [6.45, 7) is 1.69. The van der Waals surface area contributed by atoms with Crippen LogP contribution in [0, 0.1) is 6.92 Å². The Morgan fingerprint density at radius 3 is 2.35 bits per heavy atom. The average molecular weight is 420 g/mol. The summed E-state index contributed by atoms with van der Waals surface area (Å²) in [6, 6.07) is 14.4. The molecule has 0 aliphatic carbocycles. The quantitative estimate of drug-likeness (QED) is 0.382. The van der Waals surface area contributed by atoms with Gasteiger partial charge in [-0.1, -0.05) is 35.5 Å². The van der Waals surface area contributed by atoms with Gasteiger partial charge in [0.15, 0.2) is 17.3 Å². The van der Waals surface area contributed by atoms with Crippen LogP contribution in [0.1, 0.15) is 22.9 Å². The SMILES string of the molecule is COc1ccc(C(O)=C2C(=O)C(=O)N(c3cc(C)on3)[C@@H]2c2ccccc2)cc1OC. The van der Waals surface area contributed by atoms with Gasteiger partial charge in [0.05, 0.1) is 25.8 Å². The van der Waals surface area contributed by atoms with E-state index in [0.29, 0.717) is 28.4 Å². The zero-order chi connectivity index (χ0) is 22.1. The molecule has 1 aromatic heterocycles. The first-order valence-corrected chi connectivity index (χ1v) is 9.48. The van der Waals surface area contributed by atoms with E-state index in [0.717, 1.165) is 0 Å². The largest absolute Gasteiger partial charge is 0.507 e. The third-order valence-corrected chi connectivity index (χ3v) is 5.08. The third-order valence-electron chi connectivity index (χ3n) is 5.08. The number of rotatable bonds is 5. The molecule has 3 aromatic rings. The molecule has 4 rings (SSSR count). The van der Waals surface area contributed by atoms with Crippen LogP contribution in [0.3, 0.4) is 0 Å². The molecule has 1 aliphatic heterocycles. The Labute approximate surface area is 178 Å². The minimum Gasteiger partial charge on any atom is -0.507 e. The Balaban J connectivity index is 1.92. The van der Waals surface area contributed by atoms with Gasteiger partial charge in [0, 0.05) is 11.6 Å².